The van der Waals surface area contributed by atoms with Crippen molar-refractivity contribution >= 4 is 171 Å². The number of carbonyl (C=O) groups excluding carboxylic acids is 6. The third-order valence-corrected chi connectivity index (χ3v) is 14.9. The van der Waals surface area contributed by atoms with Crippen LogP contribution in [0, 0.1) is 21.4 Å². The number of amides is 4. The van der Waals surface area contributed by atoms with Gasteiger partial charge >= 0.3 is 0 Å². The molecule has 0 saturated carbocycles. The monoisotopic (exact) mass is 1500 g/mol. The van der Waals surface area contributed by atoms with E-state index in [2.05, 4.69) is 10.6 Å². The fourth-order valence-corrected chi connectivity index (χ4v) is 14.1. The molecule has 0 aromatic heterocycles. The summed E-state index contributed by atoms with van der Waals surface area (Å²) >= 11 is 10.5. The molecule has 4 amide bonds. The molecule has 59 heavy (non-hydrogen) atoms. The van der Waals surface area contributed by atoms with Crippen molar-refractivity contribution in [3.8, 4) is 0 Å². The second-order valence-electron chi connectivity index (χ2n) is 13.5. The first-order valence-electron chi connectivity index (χ1n) is 17.0. The maximum absolute atomic E-state index is 13.8. The van der Waals surface area contributed by atoms with Gasteiger partial charge in [-0.2, -0.15) is 0 Å². The Kier molecular flexibility index (Phi) is 21.9. The van der Waals surface area contributed by atoms with Crippen LogP contribution in [-0.4, -0.2) is 152 Å². The maximum Gasteiger partial charge on any atom is 0.270 e. The third kappa shape index (κ3) is 12.9. The van der Waals surface area contributed by atoms with E-state index in [1.807, 2.05) is 0 Å². The number of rotatable bonds is 20. The Morgan fingerprint density at radius 1 is 0.559 bits per heavy atom. The van der Waals surface area contributed by atoms with E-state index in [-0.39, 0.29) is 81.1 Å². The number of nitrogens with one attached hydrogen (secondary N) is 2. The highest BCUT2D eigenvalue weighted by atomic mass is 127. The zero-order valence-corrected chi connectivity index (χ0v) is 44.6. The minimum Gasteiger partial charge on any atom is -0.394 e. The Labute approximate surface area is 420 Å². The Morgan fingerprint density at radius 3 is 1.07 bits per heavy atom. The molecule has 2 unspecified atom stereocenters. The van der Waals surface area contributed by atoms with Crippen molar-refractivity contribution in [3.05, 3.63) is 54.8 Å². The van der Waals surface area contributed by atoms with Crippen LogP contribution in [-0.2, 0) is 4.74 Å². The number of Topliss-reactive ketones (excluding diaryl/α,β-unsaturated/α-hetero) is 2. The van der Waals surface area contributed by atoms with Gasteiger partial charge < -0.3 is 46.0 Å². The summed E-state index contributed by atoms with van der Waals surface area (Å²) in [5.41, 5.74) is -3.61. The number of hydrogen-bond acceptors (Lipinski definition) is 15. The first-order valence-corrected chi connectivity index (χ1v) is 23.4. The number of benzene rings is 2. The van der Waals surface area contributed by atoms with Crippen LogP contribution in [0.3, 0.4) is 0 Å². The number of nitrogens with two attached hydrogens (primary N) is 2. The molecule has 0 aliphatic rings. The lowest BCUT2D eigenvalue weighted by Gasteiger charge is -2.28. The maximum atomic E-state index is 13.8. The van der Waals surface area contributed by atoms with Crippen molar-refractivity contribution in [1.82, 2.24) is 20.7 Å². The van der Waals surface area contributed by atoms with Crippen LogP contribution in [0.25, 0.3) is 0 Å². The van der Waals surface area contributed by atoms with E-state index in [1.54, 1.807) is 136 Å². The number of halogens is 6. The van der Waals surface area contributed by atoms with Gasteiger partial charge in [0.05, 0.1) is 86.1 Å². The van der Waals surface area contributed by atoms with Gasteiger partial charge in [0, 0.05) is 32.5 Å². The molecular formula is C34H42I6N6O13. The standard InChI is InChI=1S/C34H42I6N6O13/c1-13(51)27(53)15-21(35)17(29(55)43-33(3,9-47)10-48)25(39)19(23(15)37)31(57)45(41)5-7-59-8-6-46(42)32(58)20-24(38)16(28(54)14(2)52)22(36)18(26(20)40)30(56)44-34(4,11-49)12-50/h13-14,47-52H,5-12,41-42H2,1-4H3,(H,43,55)(H,44,56). The first-order chi connectivity index (χ1) is 27.3. The summed E-state index contributed by atoms with van der Waals surface area (Å²) in [5, 5.41) is 65.9. The zero-order valence-electron chi connectivity index (χ0n) is 31.7. The lowest BCUT2D eigenvalue weighted by molar-refractivity contribution is 0.0543. The number of hydrazine groups is 2. The lowest BCUT2D eigenvalue weighted by atomic mass is 9.98. The van der Waals surface area contributed by atoms with Gasteiger partial charge in [0.25, 0.3) is 23.6 Å². The molecule has 0 aliphatic carbocycles. The Bertz CT molecular complexity index is 1840. The molecule has 0 radical (unpaired) electrons. The van der Waals surface area contributed by atoms with Gasteiger partial charge in [-0.15, -0.1) is 0 Å². The van der Waals surface area contributed by atoms with Crippen molar-refractivity contribution in [2.75, 3.05) is 52.7 Å². The predicted octanol–water partition coefficient (Wildman–Crippen LogP) is 0.736. The van der Waals surface area contributed by atoms with Crippen LogP contribution < -0.4 is 22.3 Å². The van der Waals surface area contributed by atoms with Gasteiger partial charge in [-0.05, 0) is 163 Å². The Hall–Kier alpha value is -0.320. The number of nitrogens with zero attached hydrogens (tertiary/aromatic N) is 2. The lowest BCUT2D eigenvalue weighted by Crippen LogP contribution is -2.52. The quantitative estimate of drug-likeness (QED) is 0.0218. The molecule has 19 nitrogen and oxygen atoms in total. The Balaban J connectivity index is 2.37. The molecule has 0 heterocycles. The summed E-state index contributed by atoms with van der Waals surface area (Å²) in [7, 11) is 0. The highest BCUT2D eigenvalue weighted by Crippen LogP contribution is 2.35. The van der Waals surface area contributed by atoms with E-state index in [9.17, 15) is 59.4 Å². The van der Waals surface area contributed by atoms with Gasteiger partial charge in [0.2, 0.25) is 0 Å². The normalized spacial score (nSPS) is 12.8. The highest BCUT2D eigenvalue weighted by molar-refractivity contribution is 14.1. The van der Waals surface area contributed by atoms with E-state index in [1.165, 1.54) is 27.7 Å². The van der Waals surface area contributed by atoms with Gasteiger partial charge in [0.15, 0.2) is 11.6 Å². The predicted molar refractivity (Wildman–Crippen MR) is 263 cm³/mol. The summed E-state index contributed by atoms with van der Waals surface area (Å²) in [5.74, 6) is 7.48. The largest absolute Gasteiger partial charge is 0.394 e. The average Bonchev–Trinajstić information content (AvgIpc) is 3.16. The molecule has 0 saturated heterocycles. The molecule has 0 bridgehead atoms. The number of aliphatic hydroxyl groups is 6. The van der Waals surface area contributed by atoms with Gasteiger partial charge in [0.1, 0.15) is 12.2 Å². The SMILES string of the molecule is CC(O)C(=O)c1c(I)c(C(=O)NC(C)(CO)CO)c(I)c(C(=O)N(N)CCOCCN(N)C(=O)c2c(I)c(C(=O)NC(C)(CO)CO)c(I)c(C(=O)C(C)O)c2I)c1I. The number of aliphatic hydroxyl groups excluding tert-OH is 6. The second kappa shape index (κ2) is 23.6. The highest BCUT2D eigenvalue weighted by Gasteiger charge is 2.37. The van der Waals surface area contributed by atoms with E-state index >= 15 is 0 Å². The summed E-state index contributed by atoms with van der Waals surface area (Å²) < 4.78 is 6.28. The molecule has 0 aliphatic heterocycles. The molecule has 2 aromatic rings. The van der Waals surface area contributed by atoms with Crippen molar-refractivity contribution in [1.29, 1.82) is 0 Å². The fourth-order valence-electron chi connectivity index (χ4n) is 4.80. The van der Waals surface area contributed by atoms with Crippen LogP contribution in [0.5, 0.6) is 0 Å². The molecule has 12 N–H and O–H groups in total. The number of ketones is 2. The summed E-state index contributed by atoms with van der Waals surface area (Å²) in [6, 6.07) is 0. The van der Waals surface area contributed by atoms with Crippen LogP contribution in [0.2, 0.25) is 0 Å². The van der Waals surface area contributed by atoms with E-state index in [0.29, 0.717) is 0 Å². The van der Waals surface area contributed by atoms with E-state index in [0.717, 1.165) is 10.0 Å². The van der Waals surface area contributed by atoms with Crippen LogP contribution >= 0.6 is 136 Å². The fraction of sp³-hybridized carbons (Fsp3) is 0.471. The number of hydrogen-bond donors (Lipinski definition) is 10. The molecule has 0 fully saturated rings. The molecule has 0 spiro atoms. The van der Waals surface area contributed by atoms with Crippen molar-refractivity contribution in [3.63, 3.8) is 0 Å². The topological polar surface area (TPSA) is 316 Å². The van der Waals surface area contributed by atoms with Gasteiger partial charge in [-0.3, -0.25) is 38.8 Å². The second-order valence-corrected chi connectivity index (χ2v) is 20.0. The van der Waals surface area contributed by atoms with Crippen molar-refractivity contribution < 1.29 is 64.1 Å². The molecule has 2 aromatic carbocycles. The van der Waals surface area contributed by atoms with Crippen LogP contribution in [0.15, 0.2) is 0 Å². The van der Waals surface area contributed by atoms with Crippen LogP contribution in [0.4, 0.5) is 0 Å². The van der Waals surface area contributed by atoms with Crippen molar-refractivity contribution in [2.24, 2.45) is 11.7 Å². The molecule has 25 heteroatoms. The van der Waals surface area contributed by atoms with Gasteiger partial charge in [-0.1, -0.05) is 0 Å². The van der Waals surface area contributed by atoms with E-state index < -0.39 is 84.9 Å². The van der Waals surface area contributed by atoms with E-state index in [4.69, 9.17) is 16.4 Å². The minimum atomic E-state index is -1.50. The summed E-state index contributed by atoms with van der Waals surface area (Å²) in [6.07, 6.45) is -3.00. The number of carbonyl (C=O) groups is 6. The third-order valence-electron chi connectivity index (χ3n) is 8.47. The molecule has 2 rings (SSSR count). The number of ether oxygens (including phenoxy) is 1. The first kappa shape index (κ1) is 54.8. The smallest absolute Gasteiger partial charge is 0.270 e. The molecular weight excluding hydrogens is 1460 g/mol. The summed E-state index contributed by atoms with van der Waals surface area (Å²) in [6.45, 7) is 1.88. The van der Waals surface area contributed by atoms with Crippen molar-refractivity contribution in [2.45, 2.75) is 51.0 Å². The van der Waals surface area contributed by atoms with Crippen LogP contribution in [0.1, 0.15) is 89.8 Å². The Morgan fingerprint density at radius 2 is 0.814 bits per heavy atom. The molecule has 328 valence electrons. The summed E-state index contributed by atoms with van der Waals surface area (Å²) in [4.78, 5) is 80.9. The van der Waals surface area contributed by atoms with Gasteiger partial charge in [-0.25, -0.2) is 11.7 Å². The zero-order chi connectivity index (χ0) is 45.5. The molecule has 2 atom stereocenters. The average molecular weight is 1500 g/mol. The minimum absolute atomic E-state index is 0.0996.